The second-order valence-corrected chi connectivity index (χ2v) is 8.93. The molecule has 2 N–H and O–H groups in total. The molecular formula is C19H24N3O4S+. The number of sulfone groups is 1. The Kier molecular flexibility index (Phi) is 5.76. The number of nitro benzene ring substituents is 1. The van der Waals surface area contributed by atoms with E-state index in [1.165, 1.54) is 35.4 Å². The molecule has 1 aliphatic rings. The van der Waals surface area contributed by atoms with Crippen LogP contribution in [-0.4, -0.2) is 39.2 Å². The zero-order valence-electron chi connectivity index (χ0n) is 15.2. The van der Waals surface area contributed by atoms with Crippen molar-refractivity contribution in [2.24, 2.45) is 0 Å². The molecule has 1 saturated heterocycles. The van der Waals surface area contributed by atoms with Gasteiger partial charge in [0.05, 0.1) is 29.5 Å². The molecule has 0 saturated carbocycles. The summed E-state index contributed by atoms with van der Waals surface area (Å²) in [4.78, 5) is 12.3. The number of nitro groups is 1. The number of likely N-dealkylation sites (tertiary alicyclic amines) is 1. The van der Waals surface area contributed by atoms with E-state index in [0.29, 0.717) is 12.2 Å². The van der Waals surface area contributed by atoms with Crippen molar-refractivity contribution in [3.8, 4) is 0 Å². The van der Waals surface area contributed by atoms with Crippen LogP contribution in [0.2, 0.25) is 0 Å². The second kappa shape index (κ2) is 8.06. The number of hydrogen-bond acceptors (Lipinski definition) is 5. The van der Waals surface area contributed by atoms with E-state index >= 15 is 0 Å². The number of quaternary nitrogens is 1. The first kappa shape index (κ1) is 19.3. The molecule has 7 nitrogen and oxygen atoms in total. The van der Waals surface area contributed by atoms with E-state index in [4.69, 9.17) is 0 Å². The van der Waals surface area contributed by atoms with E-state index in [2.05, 4.69) is 17.4 Å². The van der Waals surface area contributed by atoms with Gasteiger partial charge >= 0.3 is 0 Å². The molecule has 2 aromatic carbocycles. The largest absolute Gasteiger partial charge is 0.373 e. The normalized spacial score (nSPS) is 16.2. The Morgan fingerprint density at radius 2 is 1.81 bits per heavy atom. The maximum Gasteiger partial charge on any atom is 0.293 e. The third kappa shape index (κ3) is 4.64. The number of nitrogens with zero attached hydrogens (tertiary/aromatic N) is 1. The Morgan fingerprint density at radius 1 is 1.15 bits per heavy atom. The van der Waals surface area contributed by atoms with Crippen molar-refractivity contribution in [2.75, 3.05) is 31.2 Å². The van der Waals surface area contributed by atoms with Crippen LogP contribution in [0, 0.1) is 10.1 Å². The Bertz CT molecular complexity index is 910. The minimum absolute atomic E-state index is 0.0514. The fourth-order valence-corrected chi connectivity index (χ4v) is 4.26. The molecule has 1 atom stereocenters. The fourth-order valence-electron chi connectivity index (χ4n) is 3.62. The first-order chi connectivity index (χ1) is 12.9. The second-order valence-electron chi connectivity index (χ2n) is 6.92. The van der Waals surface area contributed by atoms with Crippen LogP contribution >= 0.6 is 0 Å². The lowest BCUT2D eigenvalue weighted by molar-refractivity contribution is -0.917. The molecule has 2 aromatic rings. The number of nitrogens with one attached hydrogen (secondary N) is 2. The number of anilines is 1. The highest BCUT2D eigenvalue weighted by Gasteiger charge is 2.28. The number of rotatable bonds is 7. The van der Waals surface area contributed by atoms with E-state index < -0.39 is 14.8 Å². The van der Waals surface area contributed by atoms with Gasteiger partial charge in [0.2, 0.25) is 0 Å². The molecule has 8 heteroatoms. The number of hydrogen-bond donors (Lipinski definition) is 2. The highest BCUT2D eigenvalue weighted by atomic mass is 32.2. The summed E-state index contributed by atoms with van der Waals surface area (Å²) in [6.07, 6.45) is 3.41. The standard InChI is InChI=1S/C19H23N3O4S/c1-27(25,26)16-9-10-17(18(13-16)22(23)24)20-14-19(21-11-5-6-12-21)15-7-3-2-4-8-15/h2-4,7-10,13,19-20H,5-6,11-12,14H2,1H3/p+1/t19-/m1/s1. The lowest BCUT2D eigenvalue weighted by atomic mass is 10.1. The van der Waals surface area contributed by atoms with Crippen LogP contribution in [0.5, 0.6) is 0 Å². The molecule has 1 aliphatic heterocycles. The summed E-state index contributed by atoms with van der Waals surface area (Å²) in [6, 6.07) is 14.3. The highest BCUT2D eigenvalue weighted by molar-refractivity contribution is 7.90. The average molecular weight is 390 g/mol. The smallest absolute Gasteiger partial charge is 0.293 e. The Morgan fingerprint density at radius 3 is 2.41 bits per heavy atom. The van der Waals surface area contributed by atoms with Gasteiger partial charge in [0.1, 0.15) is 11.7 Å². The molecule has 27 heavy (non-hydrogen) atoms. The SMILES string of the molecule is CS(=O)(=O)c1ccc(NC[C@H](c2ccccc2)[NH+]2CCCC2)c([N+](=O)[O-])c1. The average Bonchev–Trinajstić information content (AvgIpc) is 3.16. The van der Waals surface area contributed by atoms with Crippen molar-refractivity contribution >= 4 is 21.2 Å². The Hall–Kier alpha value is -2.45. The van der Waals surface area contributed by atoms with Crippen molar-refractivity contribution in [1.82, 2.24) is 0 Å². The van der Waals surface area contributed by atoms with Crippen LogP contribution < -0.4 is 10.2 Å². The van der Waals surface area contributed by atoms with Gasteiger partial charge in [-0.2, -0.15) is 0 Å². The molecule has 3 rings (SSSR count). The van der Waals surface area contributed by atoms with Crippen molar-refractivity contribution in [1.29, 1.82) is 0 Å². The Balaban J connectivity index is 1.85. The third-order valence-electron chi connectivity index (χ3n) is 5.03. The van der Waals surface area contributed by atoms with Gasteiger partial charge in [-0.1, -0.05) is 30.3 Å². The quantitative estimate of drug-likeness (QED) is 0.556. The predicted molar refractivity (Wildman–Crippen MR) is 104 cm³/mol. The van der Waals surface area contributed by atoms with Crippen molar-refractivity contribution in [3.63, 3.8) is 0 Å². The molecular weight excluding hydrogens is 366 g/mol. The van der Waals surface area contributed by atoms with Crippen LogP contribution in [0.4, 0.5) is 11.4 Å². The lowest BCUT2D eigenvalue weighted by Crippen LogP contribution is -3.11. The lowest BCUT2D eigenvalue weighted by Gasteiger charge is -2.25. The zero-order chi connectivity index (χ0) is 19.4. The van der Waals surface area contributed by atoms with Gasteiger partial charge in [0, 0.05) is 30.7 Å². The van der Waals surface area contributed by atoms with Crippen LogP contribution in [0.1, 0.15) is 24.4 Å². The summed E-state index contributed by atoms with van der Waals surface area (Å²) < 4.78 is 23.4. The van der Waals surface area contributed by atoms with Gasteiger partial charge in [0.25, 0.3) is 5.69 Å². The molecule has 1 fully saturated rings. The van der Waals surface area contributed by atoms with Crippen molar-refractivity contribution in [3.05, 3.63) is 64.2 Å². The first-order valence-corrected chi connectivity index (χ1v) is 10.9. The van der Waals surface area contributed by atoms with Crippen LogP contribution in [0.3, 0.4) is 0 Å². The van der Waals surface area contributed by atoms with Gasteiger partial charge in [-0.15, -0.1) is 0 Å². The summed E-state index contributed by atoms with van der Waals surface area (Å²) in [5.74, 6) is 0. The summed E-state index contributed by atoms with van der Waals surface area (Å²) in [5.41, 5.74) is 1.31. The minimum Gasteiger partial charge on any atom is -0.373 e. The van der Waals surface area contributed by atoms with E-state index in [1.807, 2.05) is 18.2 Å². The predicted octanol–water partition coefficient (Wildman–Crippen LogP) is 1.83. The summed E-state index contributed by atoms with van der Waals surface area (Å²) in [5, 5.41) is 14.6. The summed E-state index contributed by atoms with van der Waals surface area (Å²) in [7, 11) is -3.50. The van der Waals surface area contributed by atoms with Crippen LogP contribution in [0.15, 0.2) is 53.4 Å². The van der Waals surface area contributed by atoms with Gasteiger partial charge in [-0.25, -0.2) is 8.42 Å². The van der Waals surface area contributed by atoms with Crippen LogP contribution in [-0.2, 0) is 9.84 Å². The topological polar surface area (TPSA) is 93.8 Å². The third-order valence-corrected chi connectivity index (χ3v) is 6.14. The van der Waals surface area contributed by atoms with E-state index in [9.17, 15) is 18.5 Å². The van der Waals surface area contributed by atoms with Gasteiger partial charge in [0.15, 0.2) is 9.84 Å². The molecule has 0 spiro atoms. The van der Waals surface area contributed by atoms with Gasteiger partial charge in [-0.05, 0) is 12.1 Å². The molecule has 0 radical (unpaired) electrons. The van der Waals surface area contributed by atoms with Gasteiger partial charge < -0.3 is 10.2 Å². The molecule has 1 heterocycles. The van der Waals surface area contributed by atoms with E-state index in [1.54, 1.807) is 0 Å². The van der Waals surface area contributed by atoms with Crippen LogP contribution in [0.25, 0.3) is 0 Å². The van der Waals surface area contributed by atoms with E-state index in [-0.39, 0.29) is 16.6 Å². The monoisotopic (exact) mass is 390 g/mol. The maximum atomic E-state index is 11.7. The first-order valence-electron chi connectivity index (χ1n) is 8.98. The molecule has 0 bridgehead atoms. The molecule has 0 aromatic heterocycles. The fraction of sp³-hybridized carbons (Fsp3) is 0.368. The minimum atomic E-state index is -3.50. The maximum absolute atomic E-state index is 11.7. The van der Waals surface area contributed by atoms with E-state index in [0.717, 1.165) is 25.4 Å². The van der Waals surface area contributed by atoms with Gasteiger partial charge in [-0.3, -0.25) is 10.1 Å². The molecule has 144 valence electrons. The zero-order valence-corrected chi connectivity index (χ0v) is 16.0. The van der Waals surface area contributed by atoms with Crippen molar-refractivity contribution in [2.45, 2.75) is 23.8 Å². The molecule has 0 amide bonds. The summed E-state index contributed by atoms with van der Waals surface area (Å²) in [6.45, 7) is 2.70. The molecule has 0 unspecified atom stereocenters. The van der Waals surface area contributed by atoms with Crippen molar-refractivity contribution < 1.29 is 18.2 Å². The Labute approximate surface area is 159 Å². The highest BCUT2D eigenvalue weighted by Crippen LogP contribution is 2.28. The summed E-state index contributed by atoms with van der Waals surface area (Å²) >= 11 is 0. The molecule has 0 aliphatic carbocycles. The number of benzene rings is 2.